The van der Waals surface area contributed by atoms with Gasteiger partial charge in [0.05, 0.1) is 0 Å². The predicted octanol–water partition coefficient (Wildman–Crippen LogP) is 21.1. The fourth-order valence-corrected chi connectivity index (χ4v) is 13.7. The topological polar surface area (TPSA) is 6.48 Å². The molecule has 0 aromatic carbocycles. The van der Waals surface area contributed by atoms with Crippen LogP contribution in [0.5, 0.6) is 0 Å². The van der Waals surface area contributed by atoms with E-state index in [-0.39, 0.29) is 0 Å². The number of hydrogen-bond donors (Lipinski definition) is 0. The summed E-state index contributed by atoms with van der Waals surface area (Å²) in [6, 6.07) is 1.61. The summed E-state index contributed by atoms with van der Waals surface area (Å²) in [4.78, 5) is 5.56. The molecule has 0 spiro atoms. The van der Waals surface area contributed by atoms with Crippen LogP contribution in [-0.4, -0.2) is 60.6 Å². The van der Waals surface area contributed by atoms with Crippen molar-refractivity contribution < 1.29 is 0 Å². The van der Waals surface area contributed by atoms with Crippen molar-refractivity contribution in [1.29, 1.82) is 0 Å². The zero-order chi connectivity index (χ0) is 46.7. The summed E-state index contributed by atoms with van der Waals surface area (Å²) in [5, 5.41) is 0. The van der Waals surface area contributed by atoms with Crippen molar-refractivity contribution >= 4 is 21.6 Å². The minimum atomic E-state index is 0.799. The third-order valence-electron chi connectivity index (χ3n) is 16.6. The number of hydrogen-bond acceptors (Lipinski definition) is 4. The van der Waals surface area contributed by atoms with Gasteiger partial charge < -0.3 is 9.80 Å². The summed E-state index contributed by atoms with van der Waals surface area (Å²) < 4.78 is 0. The molecule has 0 bridgehead atoms. The van der Waals surface area contributed by atoms with E-state index in [4.69, 9.17) is 0 Å². The van der Waals surface area contributed by atoms with E-state index in [1.165, 1.54) is 288 Å². The summed E-state index contributed by atoms with van der Waals surface area (Å²) in [5.41, 5.74) is 0. The van der Waals surface area contributed by atoms with Crippen molar-refractivity contribution in [3.05, 3.63) is 0 Å². The molecular formula is C61H122N2S2. The molecule has 65 heavy (non-hydrogen) atoms. The van der Waals surface area contributed by atoms with E-state index < -0.39 is 0 Å². The first-order valence-corrected chi connectivity index (χ1v) is 33.2. The monoisotopic (exact) mass is 947 g/mol. The van der Waals surface area contributed by atoms with Crippen LogP contribution in [-0.2, 0) is 0 Å². The van der Waals surface area contributed by atoms with Crippen molar-refractivity contribution in [1.82, 2.24) is 9.80 Å². The molecule has 0 N–H and O–H groups in total. The van der Waals surface area contributed by atoms with Crippen molar-refractivity contribution in [2.24, 2.45) is 23.7 Å². The van der Waals surface area contributed by atoms with E-state index in [1.807, 2.05) is 0 Å². The molecule has 0 aromatic heterocycles. The van der Waals surface area contributed by atoms with Crippen LogP contribution >= 0.6 is 21.6 Å². The molecule has 0 heterocycles. The molecule has 4 heteroatoms. The number of rotatable bonds is 54. The van der Waals surface area contributed by atoms with Gasteiger partial charge in [-0.3, -0.25) is 0 Å². The summed E-state index contributed by atoms with van der Waals surface area (Å²) in [6.45, 7) is 11.9. The van der Waals surface area contributed by atoms with Gasteiger partial charge in [-0.2, -0.15) is 0 Å². The molecule has 388 valence electrons. The Morgan fingerprint density at radius 2 is 0.569 bits per heavy atom. The van der Waals surface area contributed by atoms with Crippen LogP contribution in [0.25, 0.3) is 0 Å². The van der Waals surface area contributed by atoms with Crippen molar-refractivity contribution in [2.45, 2.75) is 329 Å². The lowest BCUT2D eigenvalue weighted by atomic mass is 9.98. The maximum absolute atomic E-state index is 2.79. The third-order valence-corrected chi connectivity index (χ3v) is 19.1. The maximum atomic E-state index is 2.79. The van der Waals surface area contributed by atoms with Gasteiger partial charge in [-0.1, -0.05) is 293 Å². The Hall–Kier alpha value is 0.620. The average Bonchev–Trinajstić information content (AvgIpc) is 4.25. The zero-order valence-electron chi connectivity index (χ0n) is 45.8. The molecule has 0 amide bonds. The molecule has 2 rings (SSSR count). The highest BCUT2D eigenvalue weighted by Crippen LogP contribution is 2.46. The van der Waals surface area contributed by atoms with Crippen LogP contribution in [0.15, 0.2) is 0 Å². The predicted molar refractivity (Wildman–Crippen MR) is 302 cm³/mol. The molecule has 2 saturated carbocycles. The smallest absolute Gasteiger partial charge is 0.0165 e. The minimum Gasteiger partial charge on any atom is -0.303 e. The van der Waals surface area contributed by atoms with Crippen molar-refractivity contribution in [2.75, 3.05) is 38.7 Å². The Morgan fingerprint density at radius 1 is 0.308 bits per heavy atom. The van der Waals surface area contributed by atoms with Crippen molar-refractivity contribution in [3.8, 4) is 0 Å². The van der Waals surface area contributed by atoms with E-state index in [1.54, 1.807) is 25.7 Å². The van der Waals surface area contributed by atoms with Crippen LogP contribution in [0, 0.1) is 23.7 Å². The quantitative estimate of drug-likeness (QED) is 0.0443. The summed E-state index contributed by atoms with van der Waals surface area (Å²) in [5.74, 6) is 7.03. The molecule has 0 aliphatic heterocycles. The standard InChI is InChI=1S/C61H122N2S2/c1-7-11-15-19-25-33-42-56-54-58(56)44-35-27-23-31-39-47-60(46-37-29-21-17-13-9-3)62(5)50-41-52-64-65-53-51-63(6)61(48-38-30-22-18-14-10-4)49-40-32-24-28-36-45-59-55-57(59)43-34-26-20-16-12-8-2/h56-61H,7-55H2,1-6H3. The first-order chi connectivity index (χ1) is 32.0. The molecule has 2 aliphatic carbocycles. The summed E-state index contributed by atoms with van der Waals surface area (Å²) in [7, 11) is 9.26. The fourth-order valence-electron chi connectivity index (χ4n) is 11.6. The zero-order valence-corrected chi connectivity index (χ0v) is 47.5. The SMILES string of the molecule is CCCCCCCCC1CC1CCCCCCCC(CCCCCCCC)N(C)CCCSSCCN(C)C(CCCCCCCC)CCCCCCCC1CC1CCCCCCCC. The normalized spacial score (nSPS) is 19.2. The molecule has 0 saturated heterocycles. The van der Waals surface area contributed by atoms with E-state index in [0.717, 1.165) is 35.8 Å². The lowest BCUT2D eigenvalue weighted by Crippen LogP contribution is -2.33. The molecular weight excluding hydrogens is 825 g/mol. The van der Waals surface area contributed by atoms with E-state index in [9.17, 15) is 0 Å². The maximum Gasteiger partial charge on any atom is 0.0165 e. The second-order valence-electron chi connectivity index (χ2n) is 22.7. The molecule has 2 nitrogen and oxygen atoms in total. The minimum absolute atomic E-state index is 0.799. The number of nitrogens with zero attached hydrogens (tertiary/aromatic N) is 2. The highest BCUT2D eigenvalue weighted by Gasteiger charge is 2.35. The van der Waals surface area contributed by atoms with E-state index in [0.29, 0.717) is 0 Å². The van der Waals surface area contributed by atoms with Gasteiger partial charge in [0.15, 0.2) is 0 Å². The fraction of sp³-hybridized carbons (Fsp3) is 1.00. The van der Waals surface area contributed by atoms with Crippen LogP contribution in [0.3, 0.4) is 0 Å². The first-order valence-electron chi connectivity index (χ1n) is 30.7. The first kappa shape index (κ1) is 61.7. The third kappa shape index (κ3) is 37.1. The van der Waals surface area contributed by atoms with Gasteiger partial charge in [-0.25, -0.2) is 0 Å². The Kier molecular flexibility index (Phi) is 43.4. The molecule has 0 aromatic rings. The Morgan fingerprint density at radius 3 is 0.892 bits per heavy atom. The van der Waals surface area contributed by atoms with Crippen LogP contribution in [0.1, 0.15) is 317 Å². The number of unbranched alkanes of at least 4 members (excludes halogenated alkanes) is 28. The van der Waals surface area contributed by atoms with Gasteiger partial charge in [-0.15, -0.1) is 0 Å². The van der Waals surface area contributed by atoms with E-state index >= 15 is 0 Å². The van der Waals surface area contributed by atoms with Gasteiger partial charge in [0.25, 0.3) is 0 Å². The lowest BCUT2D eigenvalue weighted by Gasteiger charge is -2.29. The van der Waals surface area contributed by atoms with Crippen LogP contribution < -0.4 is 0 Å². The Bertz CT molecular complexity index is 886. The molecule has 6 atom stereocenters. The van der Waals surface area contributed by atoms with E-state index in [2.05, 4.69) is 73.2 Å². The largest absolute Gasteiger partial charge is 0.303 e. The summed E-state index contributed by atoms with van der Waals surface area (Å²) in [6.07, 6.45) is 65.8. The van der Waals surface area contributed by atoms with Gasteiger partial charge in [0, 0.05) is 30.1 Å². The van der Waals surface area contributed by atoms with Crippen LogP contribution in [0.4, 0.5) is 0 Å². The molecule has 6 unspecified atom stereocenters. The Balaban J connectivity index is 1.58. The molecule has 0 radical (unpaired) electrons. The van der Waals surface area contributed by atoms with Gasteiger partial charge in [-0.05, 0) is 89.3 Å². The molecule has 2 aliphatic rings. The van der Waals surface area contributed by atoms with Gasteiger partial charge in [0.1, 0.15) is 0 Å². The van der Waals surface area contributed by atoms with Crippen LogP contribution in [0.2, 0.25) is 0 Å². The van der Waals surface area contributed by atoms with Gasteiger partial charge >= 0.3 is 0 Å². The lowest BCUT2D eigenvalue weighted by molar-refractivity contribution is 0.210. The second kappa shape index (κ2) is 45.7. The average molecular weight is 948 g/mol. The second-order valence-corrected chi connectivity index (χ2v) is 25.4. The molecule has 2 fully saturated rings. The summed E-state index contributed by atoms with van der Waals surface area (Å²) >= 11 is 0. The Labute approximate surface area is 420 Å². The highest BCUT2D eigenvalue weighted by atomic mass is 33.1. The van der Waals surface area contributed by atoms with Gasteiger partial charge in [0.2, 0.25) is 0 Å². The highest BCUT2D eigenvalue weighted by molar-refractivity contribution is 8.76. The van der Waals surface area contributed by atoms with Crippen molar-refractivity contribution in [3.63, 3.8) is 0 Å².